The molecule has 3 rings (SSSR count). The predicted octanol–water partition coefficient (Wildman–Crippen LogP) is 3.93. The van der Waals surface area contributed by atoms with E-state index < -0.39 is 36.3 Å². The fourth-order valence-electron chi connectivity index (χ4n) is 4.35. The Kier molecular flexibility index (Phi) is 8.71. The monoisotopic (exact) mass is 547 g/mol. The Morgan fingerprint density at radius 3 is 2.11 bits per heavy atom. The second-order valence-corrected chi connectivity index (χ2v) is 9.80. The number of rotatable bonds is 7. The number of carboxylic acid groups (broad SMARTS) is 1. The van der Waals surface area contributed by atoms with Crippen molar-refractivity contribution in [3.63, 3.8) is 0 Å². The molecule has 0 aromatic heterocycles. The molecule has 1 aromatic carbocycles. The second kappa shape index (κ2) is 10.9. The lowest BCUT2D eigenvalue weighted by molar-refractivity contribution is -0.367. The molecule has 7 nitrogen and oxygen atoms in total. The van der Waals surface area contributed by atoms with Crippen LogP contribution in [0.1, 0.15) is 25.3 Å². The number of ether oxygens (including phenoxy) is 1. The van der Waals surface area contributed by atoms with Gasteiger partial charge in [-0.3, -0.25) is 14.6 Å². The van der Waals surface area contributed by atoms with Crippen LogP contribution in [-0.4, -0.2) is 90.1 Å². The average Bonchev–Trinajstić information content (AvgIpc) is 2.78. The molecule has 0 spiro atoms. The maximum atomic E-state index is 12.7. The fraction of sp³-hybridized carbons (Fsp3) is 0.682. The number of aliphatic hydroxyl groups excluding tert-OH is 1. The van der Waals surface area contributed by atoms with Crippen LogP contribution in [0.4, 0.5) is 32.0 Å². The summed E-state index contributed by atoms with van der Waals surface area (Å²) in [6, 6.07) is 5.35. The van der Waals surface area contributed by atoms with Crippen molar-refractivity contribution in [3.8, 4) is 0 Å². The molecule has 0 radical (unpaired) electrons. The van der Waals surface area contributed by atoms with Gasteiger partial charge in [0.2, 0.25) is 6.41 Å². The standard InChI is InChI=1S/C22H28ClF6N3O4/c1-20(18(33)34)4-6-31(7-5-20)16-12-15(23)3-2-14(16)13-30-8-10-32(11-9-30)19(35)36-17(21(24,25)26)22(27,28)29/h2-3,12,17,19,35H,4-11,13H2,1H3,(H,33,34). The molecule has 2 aliphatic rings. The second-order valence-electron chi connectivity index (χ2n) is 9.36. The molecule has 36 heavy (non-hydrogen) atoms. The number of benzene rings is 1. The molecule has 2 N–H and O–H groups in total. The van der Waals surface area contributed by atoms with Crippen LogP contribution in [0.2, 0.25) is 5.02 Å². The van der Waals surface area contributed by atoms with Crippen LogP contribution in [-0.2, 0) is 16.1 Å². The summed E-state index contributed by atoms with van der Waals surface area (Å²) in [5.41, 5.74) is 0.947. The van der Waals surface area contributed by atoms with Gasteiger partial charge in [-0.15, -0.1) is 0 Å². The van der Waals surface area contributed by atoms with Crippen molar-refractivity contribution >= 4 is 23.3 Å². The van der Waals surface area contributed by atoms with Crippen molar-refractivity contribution in [2.24, 2.45) is 5.41 Å². The molecule has 1 unspecified atom stereocenters. The summed E-state index contributed by atoms with van der Waals surface area (Å²) in [6.45, 7) is 3.71. The molecule has 204 valence electrons. The first-order valence-electron chi connectivity index (χ1n) is 11.3. The molecule has 2 saturated heterocycles. The van der Waals surface area contributed by atoms with E-state index in [4.69, 9.17) is 11.6 Å². The summed E-state index contributed by atoms with van der Waals surface area (Å²) in [5.74, 6) is -0.839. The predicted molar refractivity (Wildman–Crippen MR) is 118 cm³/mol. The molecule has 2 heterocycles. The normalized spacial score (nSPS) is 21.1. The lowest BCUT2D eigenvalue weighted by Gasteiger charge is -2.40. The number of nitrogens with zero attached hydrogens (tertiary/aromatic N) is 3. The number of aliphatic hydroxyl groups is 1. The van der Waals surface area contributed by atoms with Crippen molar-refractivity contribution in [2.75, 3.05) is 44.2 Å². The number of halogens is 7. The number of hydrogen-bond acceptors (Lipinski definition) is 6. The Morgan fingerprint density at radius 1 is 1.06 bits per heavy atom. The van der Waals surface area contributed by atoms with Crippen LogP contribution in [0.15, 0.2) is 18.2 Å². The van der Waals surface area contributed by atoms with Crippen LogP contribution in [0, 0.1) is 5.41 Å². The molecule has 14 heteroatoms. The zero-order valence-corrected chi connectivity index (χ0v) is 20.2. The van der Waals surface area contributed by atoms with Crippen LogP contribution in [0.3, 0.4) is 0 Å². The number of carboxylic acids is 1. The van der Waals surface area contributed by atoms with Crippen molar-refractivity contribution < 1.29 is 46.1 Å². The minimum absolute atomic E-state index is 0.00674. The number of alkyl halides is 6. The number of carbonyl (C=O) groups is 1. The Bertz CT molecular complexity index is 902. The van der Waals surface area contributed by atoms with E-state index in [1.54, 1.807) is 19.1 Å². The lowest BCUT2D eigenvalue weighted by atomic mass is 9.80. The highest BCUT2D eigenvalue weighted by Crippen LogP contribution is 2.37. The summed E-state index contributed by atoms with van der Waals surface area (Å²) in [5, 5.41) is 19.9. The lowest BCUT2D eigenvalue weighted by Crippen LogP contribution is -2.55. The summed E-state index contributed by atoms with van der Waals surface area (Å²) >= 11 is 6.20. The zero-order valence-electron chi connectivity index (χ0n) is 19.4. The van der Waals surface area contributed by atoms with Gasteiger partial charge in [0.1, 0.15) is 0 Å². The Morgan fingerprint density at radius 2 is 1.61 bits per heavy atom. The van der Waals surface area contributed by atoms with Crippen molar-refractivity contribution in [1.82, 2.24) is 9.80 Å². The van der Waals surface area contributed by atoms with E-state index in [0.717, 1.165) is 16.2 Å². The molecule has 0 amide bonds. The van der Waals surface area contributed by atoms with Crippen molar-refractivity contribution in [3.05, 3.63) is 28.8 Å². The first-order chi connectivity index (χ1) is 16.6. The zero-order chi connectivity index (χ0) is 26.9. The van der Waals surface area contributed by atoms with Gasteiger partial charge in [0.25, 0.3) is 6.10 Å². The summed E-state index contributed by atoms with van der Waals surface area (Å²) in [4.78, 5) is 16.6. The average molecular weight is 548 g/mol. The number of piperazine rings is 1. The van der Waals surface area contributed by atoms with Gasteiger partial charge in [0.05, 0.1) is 5.41 Å². The largest absolute Gasteiger partial charge is 0.481 e. The first-order valence-corrected chi connectivity index (χ1v) is 11.7. The maximum Gasteiger partial charge on any atom is 0.423 e. The van der Waals surface area contributed by atoms with E-state index in [1.807, 2.05) is 11.0 Å². The van der Waals surface area contributed by atoms with Crippen LogP contribution >= 0.6 is 11.6 Å². The molecular formula is C22H28ClF6N3O4. The van der Waals surface area contributed by atoms with Crippen LogP contribution in [0.5, 0.6) is 0 Å². The Balaban J connectivity index is 1.60. The molecule has 1 atom stereocenters. The summed E-state index contributed by atoms with van der Waals surface area (Å²) in [7, 11) is 0. The Labute approximate surface area is 209 Å². The minimum Gasteiger partial charge on any atom is -0.481 e. The van der Waals surface area contributed by atoms with Crippen LogP contribution in [0.25, 0.3) is 0 Å². The topological polar surface area (TPSA) is 76.5 Å². The van der Waals surface area contributed by atoms with Gasteiger partial charge in [0, 0.05) is 56.5 Å². The maximum absolute atomic E-state index is 12.7. The van der Waals surface area contributed by atoms with E-state index in [0.29, 0.717) is 37.5 Å². The third-order valence-electron chi connectivity index (χ3n) is 6.74. The quantitative estimate of drug-likeness (QED) is 0.396. The number of piperidine rings is 1. The number of hydrogen-bond donors (Lipinski definition) is 2. The fourth-order valence-corrected chi connectivity index (χ4v) is 4.52. The Hall–Kier alpha value is -1.80. The molecule has 0 bridgehead atoms. The highest BCUT2D eigenvalue weighted by molar-refractivity contribution is 6.30. The smallest absolute Gasteiger partial charge is 0.423 e. The molecule has 1 aromatic rings. The van der Waals surface area contributed by atoms with Crippen molar-refractivity contribution in [1.29, 1.82) is 0 Å². The van der Waals surface area contributed by atoms with E-state index in [1.165, 1.54) is 0 Å². The van der Waals surface area contributed by atoms with Gasteiger partial charge in [-0.05, 0) is 37.5 Å². The third kappa shape index (κ3) is 6.94. The SMILES string of the molecule is CC1(C(=O)O)CCN(c2cc(Cl)ccc2CN2CCN(C(O)OC(C(F)(F)F)C(F)(F)F)CC2)CC1. The van der Waals surface area contributed by atoms with E-state index in [2.05, 4.69) is 9.64 Å². The minimum atomic E-state index is -5.71. The van der Waals surface area contributed by atoms with Gasteiger partial charge in [-0.25, -0.2) is 0 Å². The first kappa shape index (κ1) is 28.8. The molecular weight excluding hydrogens is 520 g/mol. The molecule has 2 aliphatic heterocycles. The van der Waals surface area contributed by atoms with Gasteiger partial charge in [-0.1, -0.05) is 17.7 Å². The number of anilines is 1. The molecule has 0 aliphatic carbocycles. The molecule has 2 fully saturated rings. The summed E-state index contributed by atoms with van der Waals surface area (Å²) < 4.78 is 80.3. The van der Waals surface area contributed by atoms with E-state index in [-0.39, 0.29) is 26.2 Å². The van der Waals surface area contributed by atoms with Crippen LogP contribution < -0.4 is 4.90 Å². The van der Waals surface area contributed by atoms with Gasteiger partial charge >= 0.3 is 18.3 Å². The van der Waals surface area contributed by atoms with Crippen molar-refractivity contribution in [2.45, 2.75) is 51.2 Å². The highest BCUT2D eigenvalue weighted by Gasteiger charge is 2.59. The van der Waals surface area contributed by atoms with Gasteiger partial charge in [-0.2, -0.15) is 26.3 Å². The van der Waals surface area contributed by atoms with Gasteiger partial charge in [0.15, 0.2) is 0 Å². The van der Waals surface area contributed by atoms with Gasteiger partial charge < -0.3 is 19.8 Å². The highest BCUT2D eigenvalue weighted by atomic mass is 35.5. The van der Waals surface area contributed by atoms with E-state index >= 15 is 0 Å². The number of aliphatic carboxylic acids is 1. The van der Waals surface area contributed by atoms with E-state index in [9.17, 15) is 41.4 Å². The summed E-state index contributed by atoms with van der Waals surface area (Å²) in [6.07, 6.45) is -16.9. The third-order valence-corrected chi connectivity index (χ3v) is 6.97. The molecule has 0 saturated carbocycles.